The van der Waals surface area contributed by atoms with Gasteiger partial charge in [-0.25, -0.2) is 0 Å². The van der Waals surface area contributed by atoms with Crippen LogP contribution in [-0.2, 0) is 14.3 Å². The highest BCUT2D eigenvalue weighted by molar-refractivity contribution is 5.69. The summed E-state index contributed by atoms with van der Waals surface area (Å²) in [5.74, 6) is -0.106. The van der Waals surface area contributed by atoms with Crippen LogP contribution in [0.25, 0.3) is 0 Å². The van der Waals surface area contributed by atoms with Gasteiger partial charge in [0.2, 0.25) is 0 Å². The van der Waals surface area contributed by atoms with Crippen LogP contribution in [0, 0.1) is 0 Å². The maximum Gasteiger partial charge on any atom is 0.305 e. The fraction of sp³-hybridized carbons (Fsp3) is 0.909. The van der Waals surface area contributed by atoms with Gasteiger partial charge in [0.05, 0.1) is 12.7 Å². The van der Waals surface area contributed by atoms with Crippen molar-refractivity contribution < 1.29 is 14.3 Å². The number of hydrogen-bond acceptors (Lipinski definition) is 3. The number of carbonyl (C=O) groups is 1. The standard InChI is InChI=1S/C11H22O3/c1-4-5-6-7-11(12)14-9-8-13-10(2)3/h10H,4-9H2,1-3H3. The van der Waals surface area contributed by atoms with Gasteiger partial charge in [0.25, 0.3) is 0 Å². The fourth-order valence-corrected chi connectivity index (χ4v) is 1.03. The maximum absolute atomic E-state index is 11.1. The Morgan fingerprint density at radius 2 is 1.93 bits per heavy atom. The quantitative estimate of drug-likeness (QED) is 0.448. The molecule has 0 bridgehead atoms. The van der Waals surface area contributed by atoms with Gasteiger partial charge in [0, 0.05) is 6.42 Å². The van der Waals surface area contributed by atoms with Crippen LogP contribution in [0.1, 0.15) is 46.5 Å². The molecule has 0 aromatic carbocycles. The highest BCUT2D eigenvalue weighted by atomic mass is 16.6. The molecule has 0 aromatic rings. The van der Waals surface area contributed by atoms with Gasteiger partial charge in [-0.05, 0) is 20.3 Å². The Kier molecular flexibility index (Phi) is 8.64. The van der Waals surface area contributed by atoms with E-state index < -0.39 is 0 Å². The summed E-state index contributed by atoms with van der Waals surface area (Å²) in [5.41, 5.74) is 0. The van der Waals surface area contributed by atoms with Gasteiger partial charge in [-0.2, -0.15) is 0 Å². The second-order valence-corrected chi connectivity index (χ2v) is 3.60. The molecule has 0 fully saturated rings. The maximum atomic E-state index is 11.1. The highest BCUT2D eigenvalue weighted by Crippen LogP contribution is 2.00. The molecule has 0 radical (unpaired) electrons. The predicted octanol–water partition coefficient (Wildman–Crippen LogP) is 2.53. The molecule has 14 heavy (non-hydrogen) atoms. The Balaban J connectivity index is 3.18. The zero-order valence-electron chi connectivity index (χ0n) is 9.54. The molecule has 0 rings (SSSR count). The minimum atomic E-state index is -0.106. The molecule has 0 unspecified atom stereocenters. The third-order valence-corrected chi connectivity index (χ3v) is 1.78. The van der Waals surface area contributed by atoms with Crippen LogP contribution in [0.2, 0.25) is 0 Å². The molecule has 0 saturated heterocycles. The first-order valence-corrected chi connectivity index (χ1v) is 5.44. The molecule has 0 heterocycles. The Labute approximate surface area is 86.8 Å². The number of hydrogen-bond donors (Lipinski definition) is 0. The molecule has 0 aromatic heterocycles. The lowest BCUT2D eigenvalue weighted by Gasteiger charge is -2.07. The third kappa shape index (κ3) is 9.52. The molecule has 0 atom stereocenters. The molecule has 3 nitrogen and oxygen atoms in total. The van der Waals surface area contributed by atoms with Crippen LogP contribution < -0.4 is 0 Å². The molecule has 0 aliphatic rings. The minimum Gasteiger partial charge on any atom is -0.463 e. The van der Waals surface area contributed by atoms with Crippen LogP contribution in [-0.4, -0.2) is 25.3 Å². The summed E-state index contributed by atoms with van der Waals surface area (Å²) in [6.07, 6.45) is 3.89. The van der Waals surface area contributed by atoms with Gasteiger partial charge < -0.3 is 9.47 Å². The van der Waals surface area contributed by atoms with E-state index in [9.17, 15) is 4.79 Å². The Bertz CT molecular complexity index is 143. The van der Waals surface area contributed by atoms with E-state index in [1.54, 1.807) is 0 Å². The van der Waals surface area contributed by atoms with Crippen molar-refractivity contribution in [3.05, 3.63) is 0 Å². The lowest BCUT2D eigenvalue weighted by Crippen LogP contribution is -2.13. The van der Waals surface area contributed by atoms with Gasteiger partial charge in [-0.15, -0.1) is 0 Å². The molecule has 3 heteroatoms. The summed E-state index contributed by atoms with van der Waals surface area (Å²) in [4.78, 5) is 11.1. The third-order valence-electron chi connectivity index (χ3n) is 1.78. The average molecular weight is 202 g/mol. The molecule has 0 N–H and O–H groups in total. The fourth-order valence-electron chi connectivity index (χ4n) is 1.03. The summed E-state index contributed by atoms with van der Waals surface area (Å²) in [7, 11) is 0. The van der Waals surface area contributed by atoms with Gasteiger partial charge in [0.15, 0.2) is 0 Å². The van der Waals surface area contributed by atoms with Crippen molar-refractivity contribution in [1.29, 1.82) is 0 Å². The minimum absolute atomic E-state index is 0.106. The van der Waals surface area contributed by atoms with E-state index in [1.165, 1.54) is 0 Å². The monoisotopic (exact) mass is 202 g/mol. The first-order valence-electron chi connectivity index (χ1n) is 5.44. The zero-order chi connectivity index (χ0) is 10.8. The van der Waals surface area contributed by atoms with Crippen molar-refractivity contribution >= 4 is 5.97 Å². The Morgan fingerprint density at radius 1 is 1.21 bits per heavy atom. The Hall–Kier alpha value is -0.570. The number of unbranched alkanes of at least 4 members (excludes halogenated alkanes) is 2. The molecule has 0 aliphatic heterocycles. The molecule has 0 amide bonds. The normalized spacial score (nSPS) is 10.6. The number of rotatable bonds is 8. The van der Waals surface area contributed by atoms with E-state index in [4.69, 9.17) is 9.47 Å². The number of ether oxygens (including phenoxy) is 2. The van der Waals surface area contributed by atoms with E-state index in [2.05, 4.69) is 6.92 Å². The highest BCUT2D eigenvalue weighted by Gasteiger charge is 2.01. The number of carbonyl (C=O) groups excluding carboxylic acids is 1. The largest absolute Gasteiger partial charge is 0.463 e. The zero-order valence-corrected chi connectivity index (χ0v) is 9.54. The summed E-state index contributed by atoms with van der Waals surface area (Å²) in [6.45, 7) is 6.91. The van der Waals surface area contributed by atoms with Gasteiger partial charge in [-0.1, -0.05) is 19.8 Å². The van der Waals surface area contributed by atoms with Crippen LogP contribution in [0.5, 0.6) is 0 Å². The molecular formula is C11H22O3. The van der Waals surface area contributed by atoms with Crippen molar-refractivity contribution in [3.63, 3.8) is 0 Å². The second-order valence-electron chi connectivity index (χ2n) is 3.60. The first kappa shape index (κ1) is 13.4. The van der Waals surface area contributed by atoms with Crippen molar-refractivity contribution in [1.82, 2.24) is 0 Å². The van der Waals surface area contributed by atoms with Gasteiger partial charge in [-0.3, -0.25) is 4.79 Å². The van der Waals surface area contributed by atoms with Gasteiger partial charge >= 0.3 is 5.97 Å². The lowest BCUT2D eigenvalue weighted by molar-refractivity contribution is -0.145. The summed E-state index contributed by atoms with van der Waals surface area (Å²) >= 11 is 0. The summed E-state index contributed by atoms with van der Waals surface area (Å²) in [5, 5.41) is 0. The lowest BCUT2D eigenvalue weighted by atomic mass is 10.2. The SMILES string of the molecule is CCCCCC(=O)OCCOC(C)C. The predicted molar refractivity (Wildman–Crippen MR) is 56.2 cm³/mol. The molecular weight excluding hydrogens is 180 g/mol. The Morgan fingerprint density at radius 3 is 2.50 bits per heavy atom. The van der Waals surface area contributed by atoms with Gasteiger partial charge in [0.1, 0.15) is 6.61 Å². The van der Waals surface area contributed by atoms with E-state index in [1.807, 2.05) is 13.8 Å². The molecule has 84 valence electrons. The van der Waals surface area contributed by atoms with Crippen molar-refractivity contribution in [2.45, 2.75) is 52.6 Å². The smallest absolute Gasteiger partial charge is 0.305 e. The topological polar surface area (TPSA) is 35.5 Å². The van der Waals surface area contributed by atoms with Crippen molar-refractivity contribution in [3.8, 4) is 0 Å². The summed E-state index contributed by atoms with van der Waals surface area (Å²) < 4.78 is 10.2. The molecule has 0 saturated carbocycles. The first-order chi connectivity index (χ1) is 6.66. The average Bonchev–Trinajstić information content (AvgIpc) is 2.13. The van der Waals surface area contributed by atoms with E-state index >= 15 is 0 Å². The van der Waals surface area contributed by atoms with E-state index in [0.717, 1.165) is 19.3 Å². The number of esters is 1. The molecule has 0 spiro atoms. The van der Waals surface area contributed by atoms with Crippen LogP contribution in [0.3, 0.4) is 0 Å². The van der Waals surface area contributed by atoms with Crippen LogP contribution in [0.15, 0.2) is 0 Å². The van der Waals surface area contributed by atoms with Crippen molar-refractivity contribution in [2.75, 3.05) is 13.2 Å². The van der Waals surface area contributed by atoms with E-state index in [-0.39, 0.29) is 12.1 Å². The van der Waals surface area contributed by atoms with Crippen LogP contribution >= 0.6 is 0 Å². The van der Waals surface area contributed by atoms with E-state index in [0.29, 0.717) is 19.6 Å². The second kappa shape index (κ2) is 9.00. The summed E-state index contributed by atoms with van der Waals surface area (Å²) in [6, 6.07) is 0. The van der Waals surface area contributed by atoms with Crippen molar-refractivity contribution in [2.24, 2.45) is 0 Å². The van der Waals surface area contributed by atoms with Crippen LogP contribution in [0.4, 0.5) is 0 Å². The molecule has 0 aliphatic carbocycles.